The zero-order valence-electron chi connectivity index (χ0n) is 23.8. The molecule has 3 aromatic carbocycles. The van der Waals surface area contributed by atoms with Crippen LogP contribution in [-0.4, -0.2) is 80.6 Å². The lowest BCUT2D eigenvalue weighted by Gasteiger charge is -2.41. The lowest BCUT2D eigenvalue weighted by atomic mass is 9.95. The second-order valence-corrected chi connectivity index (χ2v) is 10.4. The molecule has 2 aliphatic rings. The van der Waals surface area contributed by atoms with E-state index >= 15 is 0 Å². The fourth-order valence-electron chi connectivity index (χ4n) is 4.92. The number of ketones is 1. The molecule has 0 aromatic heterocycles. The molecule has 1 saturated heterocycles. The van der Waals surface area contributed by atoms with E-state index in [0.29, 0.717) is 11.1 Å². The maximum atomic E-state index is 12.9. The van der Waals surface area contributed by atoms with Crippen LogP contribution in [0.4, 0.5) is 0 Å². The lowest BCUT2D eigenvalue weighted by Crippen LogP contribution is -2.61. The SMILES string of the molecule is CC(=O)O[C@@H]1[C@@H](O)[C@H](Oc2cc(O)c3c(c2)OC(c2ccc(O)cc2)CC3=O)O[C@H](COC(=O)/C=C/c2ccc(O)cc2)[C@H]1O. The van der Waals surface area contributed by atoms with Crippen molar-refractivity contribution >= 4 is 23.8 Å². The van der Waals surface area contributed by atoms with E-state index in [0.717, 1.165) is 19.1 Å². The van der Waals surface area contributed by atoms with Crippen molar-refractivity contribution in [3.8, 4) is 28.7 Å². The molecule has 5 N–H and O–H groups in total. The van der Waals surface area contributed by atoms with Gasteiger partial charge in [0, 0.05) is 25.1 Å². The number of esters is 2. The molecule has 13 nitrogen and oxygen atoms in total. The fraction of sp³-hybridized carbons (Fsp3) is 0.281. The Morgan fingerprint density at radius 1 is 0.956 bits per heavy atom. The Balaban J connectivity index is 1.32. The molecule has 6 atom stereocenters. The molecule has 1 fully saturated rings. The minimum Gasteiger partial charge on any atom is -0.508 e. The van der Waals surface area contributed by atoms with E-state index in [1.807, 2.05) is 0 Å². The van der Waals surface area contributed by atoms with Crippen molar-refractivity contribution in [2.24, 2.45) is 0 Å². The first kappa shape index (κ1) is 31.3. The summed E-state index contributed by atoms with van der Waals surface area (Å²) in [6, 6.07) is 14.6. The van der Waals surface area contributed by atoms with Crippen LogP contribution in [0.5, 0.6) is 28.7 Å². The molecule has 2 aliphatic heterocycles. The average molecular weight is 623 g/mol. The third-order valence-corrected chi connectivity index (χ3v) is 7.13. The Labute approximate surface area is 256 Å². The number of hydrogen-bond acceptors (Lipinski definition) is 13. The van der Waals surface area contributed by atoms with Gasteiger partial charge in [-0.2, -0.15) is 0 Å². The van der Waals surface area contributed by atoms with E-state index in [2.05, 4.69) is 0 Å². The number of aromatic hydroxyl groups is 3. The smallest absolute Gasteiger partial charge is 0.330 e. The molecule has 2 heterocycles. The van der Waals surface area contributed by atoms with E-state index in [1.54, 1.807) is 24.3 Å². The molecule has 0 amide bonds. The number of fused-ring (bicyclic) bond motifs is 1. The number of Topliss-reactive ketones (excluding diaryl/α,β-unsaturated/α-hetero) is 1. The van der Waals surface area contributed by atoms with Gasteiger partial charge in [0.1, 0.15) is 59.2 Å². The minimum absolute atomic E-state index is 0.00732. The maximum absolute atomic E-state index is 12.9. The van der Waals surface area contributed by atoms with E-state index < -0.39 is 66.9 Å². The van der Waals surface area contributed by atoms with Gasteiger partial charge in [-0.25, -0.2) is 4.79 Å². The number of phenolic OH excluding ortho intramolecular Hbond substituents is 3. The third-order valence-electron chi connectivity index (χ3n) is 7.13. The molecule has 5 rings (SSSR count). The summed E-state index contributed by atoms with van der Waals surface area (Å²) >= 11 is 0. The van der Waals surface area contributed by atoms with Crippen LogP contribution in [-0.2, 0) is 23.8 Å². The highest BCUT2D eigenvalue weighted by Gasteiger charge is 2.48. The second kappa shape index (κ2) is 13.3. The zero-order valence-corrected chi connectivity index (χ0v) is 23.8. The number of hydrogen-bond donors (Lipinski definition) is 5. The molecule has 1 unspecified atom stereocenters. The molecular formula is C32H30O13. The Bertz CT molecular complexity index is 1580. The van der Waals surface area contributed by atoms with Gasteiger partial charge in [0.15, 0.2) is 18.0 Å². The number of carbonyl (C=O) groups is 3. The third kappa shape index (κ3) is 7.34. The molecule has 0 aliphatic carbocycles. The summed E-state index contributed by atoms with van der Waals surface area (Å²) in [4.78, 5) is 37.0. The number of rotatable bonds is 8. The first-order valence-electron chi connectivity index (χ1n) is 13.8. The highest BCUT2D eigenvalue weighted by molar-refractivity contribution is 6.02. The summed E-state index contributed by atoms with van der Waals surface area (Å²) in [7, 11) is 0. The molecular weight excluding hydrogens is 592 g/mol. The highest BCUT2D eigenvalue weighted by atomic mass is 16.7. The highest BCUT2D eigenvalue weighted by Crippen LogP contribution is 2.42. The topological polar surface area (TPSA) is 199 Å². The largest absolute Gasteiger partial charge is 0.508 e. The van der Waals surface area contributed by atoms with Crippen LogP contribution in [0.1, 0.15) is 40.9 Å². The number of carbonyl (C=O) groups excluding carboxylic acids is 3. The van der Waals surface area contributed by atoms with Gasteiger partial charge < -0.3 is 49.2 Å². The van der Waals surface area contributed by atoms with Crippen molar-refractivity contribution in [3.63, 3.8) is 0 Å². The van der Waals surface area contributed by atoms with Crippen LogP contribution in [0.2, 0.25) is 0 Å². The maximum Gasteiger partial charge on any atom is 0.330 e. The Morgan fingerprint density at radius 3 is 2.29 bits per heavy atom. The Hall–Kier alpha value is -5.11. The van der Waals surface area contributed by atoms with Crippen molar-refractivity contribution < 1.29 is 63.6 Å². The molecule has 236 valence electrons. The van der Waals surface area contributed by atoms with E-state index in [-0.39, 0.29) is 35.0 Å². The number of aliphatic hydroxyl groups is 2. The number of benzene rings is 3. The van der Waals surface area contributed by atoms with Crippen molar-refractivity contribution in [2.45, 2.75) is 50.2 Å². The van der Waals surface area contributed by atoms with Crippen molar-refractivity contribution in [1.82, 2.24) is 0 Å². The summed E-state index contributed by atoms with van der Waals surface area (Å²) in [5.41, 5.74) is 1.15. The van der Waals surface area contributed by atoms with Gasteiger partial charge in [0.05, 0.1) is 6.42 Å². The lowest BCUT2D eigenvalue weighted by molar-refractivity contribution is -0.281. The standard InChI is InChI=1S/C32H30O13/c1-16(33)42-31-29(39)26(15-41-27(38)11-4-17-2-7-19(34)8-3-17)45-32(30(31)40)43-21-12-22(36)28-23(37)14-24(44-25(28)13-21)18-5-9-20(35)10-6-18/h2-13,24,26,29-32,34-36,39-40H,14-15H2,1H3/b11-4+/t24?,26-,29-,30-,31+,32-/m1/s1. The van der Waals surface area contributed by atoms with Gasteiger partial charge in [0.2, 0.25) is 6.29 Å². The summed E-state index contributed by atoms with van der Waals surface area (Å²) in [5.74, 6) is -2.47. The van der Waals surface area contributed by atoms with Gasteiger partial charge in [-0.05, 0) is 41.5 Å². The van der Waals surface area contributed by atoms with Crippen LogP contribution in [0.25, 0.3) is 6.08 Å². The molecule has 45 heavy (non-hydrogen) atoms. The zero-order chi connectivity index (χ0) is 32.2. The molecule has 0 radical (unpaired) electrons. The molecule has 0 bridgehead atoms. The van der Waals surface area contributed by atoms with Crippen LogP contribution in [0.3, 0.4) is 0 Å². The van der Waals surface area contributed by atoms with E-state index in [9.17, 15) is 39.9 Å². The van der Waals surface area contributed by atoms with Crippen LogP contribution < -0.4 is 9.47 Å². The molecule has 3 aromatic rings. The first-order valence-corrected chi connectivity index (χ1v) is 13.8. The molecule has 13 heteroatoms. The Kier molecular flexibility index (Phi) is 9.23. The number of ether oxygens (including phenoxy) is 5. The Morgan fingerprint density at radius 2 is 1.62 bits per heavy atom. The van der Waals surface area contributed by atoms with Gasteiger partial charge in [0.25, 0.3) is 0 Å². The first-order chi connectivity index (χ1) is 21.5. The second-order valence-electron chi connectivity index (χ2n) is 10.4. The molecule has 0 spiro atoms. The minimum atomic E-state index is -1.73. The predicted molar refractivity (Wildman–Crippen MR) is 153 cm³/mol. The fourth-order valence-corrected chi connectivity index (χ4v) is 4.92. The van der Waals surface area contributed by atoms with Crippen LogP contribution in [0.15, 0.2) is 66.7 Å². The molecule has 0 saturated carbocycles. The summed E-state index contributed by atoms with van der Waals surface area (Å²) < 4.78 is 27.8. The quantitative estimate of drug-likeness (QED) is 0.182. The normalized spacial score (nSPS) is 24.4. The van der Waals surface area contributed by atoms with Crippen LogP contribution in [0, 0.1) is 0 Å². The van der Waals surface area contributed by atoms with Gasteiger partial charge in [-0.1, -0.05) is 24.3 Å². The van der Waals surface area contributed by atoms with Crippen molar-refractivity contribution in [1.29, 1.82) is 0 Å². The van der Waals surface area contributed by atoms with Crippen LogP contribution >= 0.6 is 0 Å². The van der Waals surface area contributed by atoms with E-state index in [1.165, 1.54) is 36.4 Å². The summed E-state index contributed by atoms with van der Waals surface area (Å²) in [5, 5.41) is 51.3. The van der Waals surface area contributed by atoms with Crippen molar-refractivity contribution in [2.75, 3.05) is 6.61 Å². The van der Waals surface area contributed by atoms with Gasteiger partial charge >= 0.3 is 11.9 Å². The average Bonchev–Trinajstić information content (AvgIpc) is 2.99. The summed E-state index contributed by atoms with van der Waals surface area (Å²) in [6.45, 7) is 0.555. The predicted octanol–water partition coefficient (Wildman–Crippen LogP) is 2.52. The monoisotopic (exact) mass is 622 g/mol. The summed E-state index contributed by atoms with van der Waals surface area (Å²) in [6.07, 6.45) is -6.03. The van der Waals surface area contributed by atoms with E-state index in [4.69, 9.17) is 23.7 Å². The number of phenols is 3. The number of aliphatic hydroxyl groups excluding tert-OH is 2. The van der Waals surface area contributed by atoms with Crippen molar-refractivity contribution in [3.05, 3.63) is 83.4 Å². The van der Waals surface area contributed by atoms with Gasteiger partial charge in [-0.3, -0.25) is 9.59 Å². The van der Waals surface area contributed by atoms with Gasteiger partial charge in [-0.15, -0.1) is 0 Å².